The molecule has 1 amide bonds. The molecule has 2 aromatic rings. The van der Waals surface area contributed by atoms with Crippen molar-refractivity contribution in [3.63, 3.8) is 0 Å². The number of morpholine rings is 1. The van der Waals surface area contributed by atoms with E-state index >= 15 is 0 Å². The van der Waals surface area contributed by atoms with E-state index in [4.69, 9.17) is 17.0 Å². The number of carbonyl (C=O) groups is 1. The second-order valence-corrected chi connectivity index (χ2v) is 8.93. The Morgan fingerprint density at radius 2 is 1.81 bits per heavy atom. The summed E-state index contributed by atoms with van der Waals surface area (Å²) in [6, 6.07) is 13.8. The van der Waals surface area contributed by atoms with Crippen molar-refractivity contribution in [1.29, 1.82) is 0 Å². The molecule has 27 heavy (non-hydrogen) atoms. The first-order chi connectivity index (χ1) is 13.0. The highest BCUT2D eigenvalue weighted by molar-refractivity contribution is 14.1. The van der Waals surface area contributed by atoms with Gasteiger partial charge in [-0.25, -0.2) is 0 Å². The third kappa shape index (κ3) is 6.34. The van der Waals surface area contributed by atoms with Gasteiger partial charge in [0.15, 0.2) is 5.11 Å². The summed E-state index contributed by atoms with van der Waals surface area (Å²) >= 11 is 9.62. The number of rotatable bonds is 4. The first kappa shape index (κ1) is 20.9. The Kier molecular flexibility index (Phi) is 7.82. The zero-order chi connectivity index (χ0) is 19.2. The lowest BCUT2D eigenvalue weighted by atomic mass is 10.2. The molecule has 1 saturated heterocycles. The fourth-order valence-electron chi connectivity index (χ4n) is 2.72. The molecule has 0 unspecified atom stereocenters. The molecule has 1 fully saturated rings. The van der Waals surface area contributed by atoms with Gasteiger partial charge < -0.3 is 10.1 Å². The van der Waals surface area contributed by atoms with E-state index in [0.717, 1.165) is 45.7 Å². The Hall–Kier alpha value is -0.820. The fraction of sp³-hybridized carbons (Fsp3) is 0.263. The number of amides is 1. The van der Waals surface area contributed by atoms with Gasteiger partial charge in [-0.2, -0.15) is 0 Å². The molecule has 1 heterocycles. The lowest BCUT2D eigenvalue weighted by molar-refractivity contribution is 0.0342. The van der Waals surface area contributed by atoms with Crippen LogP contribution in [0.4, 0.5) is 5.69 Å². The van der Waals surface area contributed by atoms with Crippen molar-refractivity contribution in [3.05, 3.63) is 60.7 Å². The molecule has 0 bridgehead atoms. The third-order valence-electron chi connectivity index (χ3n) is 4.12. The summed E-state index contributed by atoms with van der Waals surface area (Å²) in [5, 5.41) is 6.10. The van der Waals surface area contributed by atoms with Crippen LogP contribution in [0, 0.1) is 7.14 Å². The molecule has 1 aliphatic heterocycles. The van der Waals surface area contributed by atoms with Crippen LogP contribution >= 0.6 is 57.4 Å². The van der Waals surface area contributed by atoms with E-state index in [0.29, 0.717) is 5.56 Å². The van der Waals surface area contributed by atoms with E-state index in [2.05, 4.69) is 72.8 Å². The van der Waals surface area contributed by atoms with Crippen molar-refractivity contribution in [3.8, 4) is 0 Å². The number of nitrogens with zero attached hydrogens (tertiary/aromatic N) is 1. The largest absolute Gasteiger partial charge is 0.379 e. The molecule has 2 N–H and O–H groups in total. The molecule has 0 atom stereocenters. The average Bonchev–Trinajstić information content (AvgIpc) is 2.66. The van der Waals surface area contributed by atoms with Crippen molar-refractivity contribution in [2.45, 2.75) is 6.54 Å². The first-order valence-electron chi connectivity index (χ1n) is 8.48. The van der Waals surface area contributed by atoms with E-state index in [-0.39, 0.29) is 11.0 Å². The average molecular weight is 607 g/mol. The van der Waals surface area contributed by atoms with Crippen LogP contribution in [-0.2, 0) is 11.3 Å². The van der Waals surface area contributed by atoms with Crippen molar-refractivity contribution >= 4 is 74.1 Å². The zero-order valence-electron chi connectivity index (χ0n) is 14.5. The minimum atomic E-state index is -0.209. The number of hydrogen-bond donors (Lipinski definition) is 2. The minimum Gasteiger partial charge on any atom is -0.379 e. The molecular weight excluding hydrogens is 588 g/mol. The predicted octanol–water partition coefficient (Wildman–Crippen LogP) is 3.85. The molecule has 0 aliphatic carbocycles. The predicted molar refractivity (Wildman–Crippen MR) is 128 cm³/mol. The van der Waals surface area contributed by atoms with Gasteiger partial charge in [0.1, 0.15) is 0 Å². The number of nitrogens with one attached hydrogen (secondary N) is 2. The van der Waals surface area contributed by atoms with E-state index < -0.39 is 0 Å². The molecule has 0 saturated carbocycles. The smallest absolute Gasteiger partial charge is 0.258 e. The number of ether oxygens (including phenoxy) is 1. The molecule has 1 aliphatic rings. The molecule has 0 aromatic heterocycles. The lowest BCUT2D eigenvalue weighted by Gasteiger charge is -2.26. The summed E-state index contributed by atoms with van der Waals surface area (Å²) < 4.78 is 7.27. The Bertz CT molecular complexity index is 824. The van der Waals surface area contributed by atoms with Gasteiger partial charge in [0.05, 0.1) is 18.8 Å². The third-order valence-corrected chi connectivity index (χ3v) is 5.94. The first-order valence-corrected chi connectivity index (χ1v) is 11.0. The fourth-order valence-corrected chi connectivity index (χ4v) is 4.00. The summed E-state index contributed by atoms with van der Waals surface area (Å²) in [6.45, 7) is 4.44. The Labute approximate surface area is 191 Å². The second kappa shape index (κ2) is 10.1. The van der Waals surface area contributed by atoms with E-state index in [1.54, 1.807) is 0 Å². The number of carbonyl (C=O) groups excluding carboxylic acids is 1. The Balaban J connectivity index is 1.54. The van der Waals surface area contributed by atoms with Gasteiger partial charge >= 0.3 is 0 Å². The molecule has 5 nitrogen and oxygen atoms in total. The van der Waals surface area contributed by atoms with Gasteiger partial charge in [0.25, 0.3) is 5.91 Å². The molecular formula is C19H19I2N3O2S. The van der Waals surface area contributed by atoms with Crippen molar-refractivity contribution < 1.29 is 9.53 Å². The summed E-state index contributed by atoms with van der Waals surface area (Å²) in [5.74, 6) is -0.209. The number of thiocarbonyl (C=S) groups is 1. The highest BCUT2D eigenvalue weighted by atomic mass is 127. The van der Waals surface area contributed by atoms with Crippen LogP contribution in [-0.4, -0.2) is 42.2 Å². The van der Waals surface area contributed by atoms with Crippen molar-refractivity contribution in [1.82, 2.24) is 10.2 Å². The van der Waals surface area contributed by atoms with Gasteiger partial charge in [-0.05, 0) is 93.3 Å². The summed E-state index contributed by atoms with van der Waals surface area (Å²) in [6.07, 6.45) is 0. The molecule has 3 rings (SSSR count). The highest BCUT2D eigenvalue weighted by Crippen LogP contribution is 2.16. The van der Waals surface area contributed by atoms with E-state index in [1.807, 2.05) is 30.3 Å². The van der Waals surface area contributed by atoms with Crippen LogP contribution in [0.15, 0.2) is 42.5 Å². The van der Waals surface area contributed by atoms with Crippen LogP contribution in [0.5, 0.6) is 0 Å². The maximum Gasteiger partial charge on any atom is 0.258 e. The van der Waals surface area contributed by atoms with Gasteiger partial charge in [-0.1, -0.05) is 12.1 Å². The number of hydrogen-bond acceptors (Lipinski definition) is 4. The highest BCUT2D eigenvalue weighted by Gasteiger charge is 2.13. The van der Waals surface area contributed by atoms with Crippen molar-refractivity contribution in [2.24, 2.45) is 0 Å². The van der Waals surface area contributed by atoms with Gasteiger partial charge in [0.2, 0.25) is 0 Å². The van der Waals surface area contributed by atoms with Crippen molar-refractivity contribution in [2.75, 3.05) is 31.6 Å². The van der Waals surface area contributed by atoms with Crippen LogP contribution < -0.4 is 10.6 Å². The summed E-state index contributed by atoms with van der Waals surface area (Å²) in [4.78, 5) is 14.8. The normalized spacial score (nSPS) is 14.6. The quantitative estimate of drug-likeness (QED) is 0.409. The van der Waals surface area contributed by atoms with Gasteiger partial charge in [0, 0.05) is 32.5 Å². The number of halogens is 2. The van der Waals surface area contributed by atoms with Gasteiger partial charge in [-0.15, -0.1) is 0 Å². The number of benzene rings is 2. The van der Waals surface area contributed by atoms with E-state index in [1.165, 1.54) is 5.56 Å². The van der Waals surface area contributed by atoms with Crippen LogP contribution in [0.25, 0.3) is 0 Å². The number of anilines is 1. The molecule has 0 spiro atoms. The maximum atomic E-state index is 12.4. The topological polar surface area (TPSA) is 53.6 Å². The summed E-state index contributed by atoms with van der Waals surface area (Å²) in [5.41, 5.74) is 2.71. The minimum absolute atomic E-state index is 0.209. The maximum absolute atomic E-state index is 12.4. The van der Waals surface area contributed by atoms with Crippen LogP contribution in [0.1, 0.15) is 15.9 Å². The molecule has 142 valence electrons. The zero-order valence-corrected chi connectivity index (χ0v) is 19.6. The monoisotopic (exact) mass is 607 g/mol. The Morgan fingerprint density at radius 3 is 2.52 bits per heavy atom. The van der Waals surface area contributed by atoms with Gasteiger partial charge in [-0.3, -0.25) is 15.0 Å². The lowest BCUT2D eigenvalue weighted by Crippen LogP contribution is -2.35. The molecule has 8 heteroatoms. The second-order valence-electron chi connectivity index (χ2n) is 6.12. The van der Waals surface area contributed by atoms with Crippen LogP contribution in [0.3, 0.4) is 0 Å². The van der Waals surface area contributed by atoms with Crippen LogP contribution in [0.2, 0.25) is 0 Å². The Morgan fingerprint density at radius 1 is 1.11 bits per heavy atom. The molecule has 2 aromatic carbocycles. The molecule has 0 radical (unpaired) electrons. The van der Waals surface area contributed by atoms with E-state index in [9.17, 15) is 4.79 Å². The SMILES string of the molecule is O=C(NC(=S)Nc1ccc(CN2CCOCC2)cc1)c1cc(I)ccc1I. The standard InChI is InChI=1S/C19H19I2N3O2S/c20-14-3-6-17(21)16(11-14)18(25)23-19(27)22-15-4-1-13(2-5-15)12-24-7-9-26-10-8-24/h1-6,11H,7-10,12H2,(H2,22,23,25,27). The summed E-state index contributed by atoms with van der Waals surface area (Å²) in [7, 11) is 0.